The first-order valence-electron chi connectivity index (χ1n) is 8.27. The highest BCUT2D eigenvalue weighted by Crippen LogP contribution is 2.32. The number of carbonyl (C=O) groups excluding carboxylic acids is 2. The first-order chi connectivity index (χ1) is 12.7. The van der Waals surface area contributed by atoms with Crippen LogP contribution < -0.4 is 15.8 Å². The van der Waals surface area contributed by atoms with E-state index in [0.717, 1.165) is 4.88 Å². The van der Waals surface area contributed by atoms with Crippen molar-refractivity contribution in [1.29, 1.82) is 0 Å². The minimum atomic E-state index is -3.94. The predicted octanol–water partition coefficient (Wildman–Crippen LogP) is 3.45. The second kappa shape index (κ2) is 7.82. The van der Waals surface area contributed by atoms with E-state index >= 15 is 0 Å². The maximum absolute atomic E-state index is 12.7. The Balaban J connectivity index is 2.42. The van der Waals surface area contributed by atoms with E-state index in [9.17, 15) is 18.0 Å². The zero-order valence-corrected chi connectivity index (χ0v) is 18.5. The van der Waals surface area contributed by atoms with E-state index in [4.69, 9.17) is 17.3 Å². The van der Waals surface area contributed by atoms with E-state index in [2.05, 4.69) is 10.0 Å². The number of primary amides is 1. The third-order valence-electron chi connectivity index (χ3n) is 3.78. The number of rotatable bonds is 5. The summed E-state index contributed by atoms with van der Waals surface area (Å²) >= 11 is 7.28. The van der Waals surface area contributed by atoms with Gasteiger partial charge >= 0.3 is 0 Å². The second-order valence-electron chi connectivity index (χ2n) is 7.31. The summed E-state index contributed by atoms with van der Waals surface area (Å²) in [7, 11) is -3.94. The van der Waals surface area contributed by atoms with E-state index in [1.165, 1.54) is 29.5 Å². The number of amides is 2. The summed E-state index contributed by atoms with van der Waals surface area (Å²) in [4.78, 5) is 25.0. The Bertz CT molecular complexity index is 1050. The molecule has 2 rings (SSSR count). The zero-order valence-electron chi connectivity index (χ0n) is 16.1. The van der Waals surface area contributed by atoms with Crippen molar-refractivity contribution < 1.29 is 18.0 Å². The Morgan fingerprint density at radius 3 is 2.32 bits per heavy atom. The molecule has 0 saturated carbocycles. The Hall–Kier alpha value is -1.94. The van der Waals surface area contributed by atoms with E-state index < -0.39 is 27.4 Å². The molecule has 0 bridgehead atoms. The number of nitrogens with two attached hydrogens (primary N) is 1. The van der Waals surface area contributed by atoms with Crippen molar-refractivity contribution in [2.24, 2.45) is 5.73 Å². The van der Waals surface area contributed by atoms with Crippen molar-refractivity contribution in [2.75, 3.05) is 5.32 Å². The van der Waals surface area contributed by atoms with E-state index in [1.807, 2.05) is 6.92 Å². The van der Waals surface area contributed by atoms with Crippen LogP contribution in [0.15, 0.2) is 23.1 Å². The fraction of sp³-hybridized carbons (Fsp3) is 0.333. The largest absolute Gasteiger partial charge is 0.365 e. The molecular formula is C18H22ClN3O4S2. The van der Waals surface area contributed by atoms with E-state index in [0.29, 0.717) is 10.6 Å². The third kappa shape index (κ3) is 4.91. The lowest BCUT2D eigenvalue weighted by molar-refractivity contribution is 0.100. The minimum absolute atomic E-state index is 0.00561. The molecule has 0 aliphatic carbocycles. The summed E-state index contributed by atoms with van der Waals surface area (Å²) in [6, 6.07) is 3.95. The van der Waals surface area contributed by atoms with Gasteiger partial charge in [0.2, 0.25) is 10.0 Å². The molecule has 0 saturated heterocycles. The van der Waals surface area contributed by atoms with Gasteiger partial charge in [0, 0.05) is 16.0 Å². The van der Waals surface area contributed by atoms with Crippen LogP contribution >= 0.6 is 22.9 Å². The summed E-state index contributed by atoms with van der Waals surface area (Å²) in [5.74, 6) is -1.22. The van der Waals surface area contributed by atoms with E-state index in [1.54, 1.807) is 27.7 Å². The Labute approximate surface area is 173 Å². The van der Waals surface area contributed by atoms with Gasteiger partial charge in [-0.25, -0.2) is 13.1 Å². The van der Waals surface area contributed by atoms with E-state index in [-0.39, 0.29) is 21.0 Å². The fourth-order valence-corrected chi connectivity index (χ4v) is 5.50. The number of sulfonamides is 1. The molecule has 0 aliphatic heterocycles. The van der Waals surface area contributed by atoms with Gasteiger partial charge in [-0.15, -0.1) is 11.3 Å². The monoisotopic (exact) mass is 443 g/mol. The zero-order chi connectivity index (χ0) is 21.4. The van der Waals surface area contributed by atoms with Gasteiger partial charge in [0.05, 0.1) is 10.6 Å². The number of carbonyl (C=O) groups is 2. The molecule has 0 radical (unpaired) electrons. The summed E-state index contributed by atoms with van der Waals surface area (Å²) < 4.78 is 27.7. The van der Waals surface area contributed by atoms with Crippen molar-refractivity contribution in [3.63, 3.8) is 0 Å². The van der Waals surface area contributed by atoms with Crippen molar-refractivity contribution in [3.05, 3.63) is 44.8 Å². The molecule has 152 valence electrons. The van der Waals surface area contributed by atoms with Crippen LogP contribution in [-0.2, 0) is 10.0 Å². The standard InChI is InChI=1S/C18H22ClN3O4S2/c1-9-10(2)27-17(14(9)15(20)23)21-16(24)11-6-7-12(19)13(8-11)28(25,26)22-18(3,4)5/h6-8,22H,1-5H3,(H2,20,23)(H,21,24). The number of nitrogens with one attached hydrogen (secondary N) is 2. The van der Waals surface area contributed by atoms with Crippen LogP contribution in [-0.4, -0.2) is 25.8 Å². The Morgan fingerprint density at radius 1 is 1.18 bits per heavy atom. The van der Waals surface area contributed by atoms with Gasteiger partial charge in [-0.3, -0.25) is 9.59 Å². The molecule has 0 fully saturated rings. The molecule has 1 heterocycles. The molecular weight excluding hydrogens is 422 g/mol. The topological polar surface area (TPSA) is 118 Å². The first-order valence-corrected chi connectivity index (χ1v) is 11.0. The van der Waals surface area contributed by atoms with Crippen LogP contribution in [0.4, 0.5) is 5.00 Å². The quantitative estimate of drug-likeness (QED) is 0.655. The van der Waals surface area contributed by atoms with Gasteiger partial charge in [-0.1, -0.05) is 11.6 Å². The van der Waals surface area contributed by atoms with Gasteiger partial charge < -0.3 is 11.1 Å². The van der Waals surface area contributed by atoms with Crippen molar-refractivity contribution >= 4 is 49.8 Å². The van der Waals surface area contributed by atoms with Crippen LogP contribution in [0.25, 0.3) is 0 Å². The van der Waals surface area contributed by atoms with Crippen LogP contribution in [0, 0.1) is 13.8 Å². The molecule has 0 unspecified atom stereocenters. The van der Waals surface area contributed by atoms with Crippen LogP contribution in [0.2, 0.25) is 5.02 Å². The minimum Gasteiger partial charge on any atom is -0.365 e. The number of anilines is 1. The number of halogens is 1. The molecule has 2 aromatic rings. The molecule has 4 N–H and O–H groups in total. The van der Waals surface area contributed by atoms with Crippen molar-refractivity contribution in [3.8, 4) is 0 Å². The number of hydrogen-bond acceptors (Lipinski definition) is 5. The molecule has 1 aromatic heterocycles. The lowest BCUT2D eigenvalue weighted by atomic mass is 10.1. The highest BCUT2D eigenvalue weighted by atomic mass is 35.5. The molecule has 0 atom stereocenters. The number of benzene rings is 1. The summed E-state index contributed by atoms with van der Waals surface area (Å²) in [5, 5.41) is 2.95. The molecule has 2 amide bonds. The third-order valence-corrected chi connectivity index (χ3v) is 7.14. The maximum atomic E-state index is 12.7. The molecule has 10 heteroatoms. The van der Waals surface area contributed by atoms with Gasteiger partial charge in [0.25, 0.3) is 11.8 Å². The summed E-state index contributed by atoms with van der Waals surface area (Å²) in [6.45, 7) is 8.64. The van der Waals surface area contributed by atoms with Gasteiger partial charge in [0.1, 0.15) is 9.90 Å². The first kappa shape index (κ1) is 22.4. The maximum Gasteiger partial charge on any atom is 0.256 e. The van der Waals surface area contributed by atoms with Crippen LogP contribution in [0.5, 0.6) is 0 Å². The fourth-order valence-electron chi connectivity index (χ4n) is 2.50. The van der Waals surface area contributed by atoms with Gasteiger partial charge in [-0.05, 0) is 58.4 Å². The van der Waals surface area contributed by atoms with Crippen molar-refractivity contribution in [1.82, 2.24) is 4.72 Å². The second-order valence-corrected chi connectivity index (χ2v) is 10.6. The molecule has 0 aliphatic rings. The lowest BCUT2D eigenvalue weighted by Gasteiger charge is -2.21. The predicted molar refractivity (Wildman–Crippen MR) is 112 cm³/mol. The van der Waals surface area contributed by atoms with Crippen LogP contribution in [0.3, 0.4) is 0 Å². The average Bonchev–Trinajstić information content (AvgIpc) is 2.79. The SMILES string of the molecule is Cc1sc(NC(=O)c2ccc(Cl)c(S(=O)(=O)NC(C)(C)C)c2)c(C(N)=O)c1C. The van der Waals surface area contributed by atoms with Crippen LogP contribution in [0.1, 0.15) is 51.9 Å². The highest BCUT2D eigenvalue weighted by molar-refractivity contribution is 7.89. The molecule has 1 aromatic carbocycles. The summed E-state index contributed by atoms with van der Waals surface area (Å²) in [5.41, 5.74) is 5.71. The Kier molecular flexibility index (Phi) is 6.25. The molecule has 0 spiro atoms. The molecule has 28 heavy (non-hydrogen) atoms. The average molecular weight is 444 g/mol. The molecule has 7 nitrogen and oxygen atoms in total. The summed E-state index contributed by atoms with van der Waals surface area (Å²) in [6.07, 6.45) is 0. The lowest BCUT2D eigenvalue weighted by Crippen LogP contribution is -2.40. The highest BCUT2D eigenvalue weighted by Gasteiger charge is 2.26. The smallest absolute Gasteiger partial charge is 0.256 e. The van der Waals surface area contributed by atoms with Gasteiger partial charge in [-0.2, -0.15) is 0 Å². The van der Waals surface area contributed by atoms with Gasteiger partial charge in [0.15, 0.2) is 0 Å². The normalized spacial score (nSPS) is 12.1. The number of hydrogen-bond donors (Lipinski definition) is 3. The van der Waals surface area contributed by atoms with Crippen molar-refractivity contribution in [2.45, 2.75) is 45.1 Å². The Morgan fingerprint density at radius 2 is 1.79 bits per heavy atom. The number of thiophene rings is 1. The number of aryl methyl sites for hydroxylation is 1.